The van der Waals surface area contributed by atoms with E-state index < -0.39 is 17.8 Å². The van der Waals surface area contributed by atoms with Gasteiger partial charge in [-0.3, -0.25) is 9.59 Å². The van der Waals surface area contributed by atoms with Gasteiger partial charge in [-0.15, -0.1) is 0 Å². The zero-order valence-corrected chi connectivity index (χ0v) is 18.3. The Morgan fingerprint density at radius 2 is 1.50 bits per heavy atom. The lowest BCUT2D eigenvalue weighted by Crippen LogP contribution is -2.32. The van der Waals surface area contributed by atoms with Gasteiger partial charge >= 0.3 is 17.8 Å². The monoisotopic (exact) mass is 451 g/mol. The van der Waals surface area contributed by atoms with Crippen molar-refractivity contribution in [3.05, 3.63) is 108 Å². The summed E-state index contributed by atoms with van der Waals surface area (Å²) in [5.41, 5.74) is 4.71. The molecule has 0 unspecified atom stereocenters. The predicted octanol–water partition coefficient (Wildman–Crippen LogP) is 4.46. The number of hydrazone groups is 1. The van der Waals surface area contributed by atoms with Crippen molar-refractivity contribution < 1.29 is 19.1 Å². The number of anilines is 1. The third kappa shape index (κ3) is 5.34. The summed E-state index contributed by atoms with van der Waals surface area (Å²) < 4.78 is 5.50. The van der Waals surface area contributed by atoms with Crippen LogP contribution in [0.3, 0.4) is 0 Å². The van der Waals surface area contributed by atoms with Crippen LogP contribution in [0.15, 0.2) is 96.1 Å². The Morgan fingerprint density at radius 1 is 0.794 bits per heavy atom. The molecule has 0 aliphatic carbocycles. The maximum Gasteiger partial charge on any atom is 0.344 e. The van der Waals surface area contributed by atoms with Crippen LogP contribution in [0.1, 0.15) is 21.5 Å². The first-order valence-corrected chi connectivity index (χ1v) is 10.5. The minimum atomic E-state index is -0.889. The first-order chi connectivity index (χ1) is 16.5. The quantitative estimate of drug-likeness (QED) is 0.154. The summed E-state index contributed by atoms with van der Waals surface area (Å²) >= 11 is 0. The van der Waals surface area contributed by atoms with Gasteiger partial charge in [-0.05, 0) is 65.2 Å². The molecule has 34 heavy (non-hydrogen) atoms. The number of nitrogens with one attached hydrogen (secondary N) is 2. The Hall–Kier alpha value is -4.78. The van der Waals surface area contributed by atoms with E-state index in [9.17, 15) is 14.4 Å². The molecule has 168 valence electrons. The lowest BCUT2D eigenvalue weighted by molar-refractivity contribution is -0.136. The molecule has 0 aliphatic rings. The molecule has 0 aromatic heterocycles. The van der Waals surface area contributed by atoms with Crippen LogP contribution in [0.5, 0.6) is 5.75 Å². The van der Waals surface area contributed by atoms with E-state index in [2.05, 4.69) is 15.8 Å². The molecule has 7 nitrogen and oxygen atoms in total. The summed E-state index contributed by atoms with van der Waals surface area (Å²) in [5, 5.41) is 8.12. The van der Waals surface area contributed by atoms with E-state index >= 15 is 0 Å². The third-order valence-corrected chi connectivity index (χ3v) is 5.08. The first-order valence-electron chi connectivity index (χ1n) is 10.5. The second kappa shape index (κ2) is 10.2. The molecule has 0 saturated carbocycles. The van der Waals surface area contributed by atoms with Crippen molar-refractivity contribution in [3.8, 4) is 5.75 Å². The summed E-state index contributed by atoms with van der Waals surface area (Å²) in [7, 11) is 0. The number of hydrogen-bond donors (Lipinski definition) is 2. The lowest BCUT2D eigenvalue weighted by Gasteiger charge is -2.07. The maximum atomic E-state index is 12.6. The van der Waals surface area contributed by atoms with Crippen LogP contribution in [-0.4, -0.2) is 24.0 Å². The van der Waals surface area contributed by atoms with Gasteiger partial charge in [0.25, 0.3) is 0 Å². The van der Waals surface area contributed by atoms with Crippen LogP contribution in [0.25, 0.3) is 10.8 Å². The van der Waals surface area contributed by atoms with Crippen molar-refractivity contribution in [1.82, 2.24) is 5.43 Å². The number of esters is 1. The summed E-state index contributed by atoms with van der Waals surface area (Å²) in [6.45, 7) is 1.83. The molecule has 2 amide bonds. The molecular weight excluding hydrogens is 430 g/mol. The molecule has 0 fully saturated rings. The van der Waals surface area contributed by atoms with Gasteiger partial charge in [0.2, 0.25) is 0 Å². The number of amides is 2. The molecule has 2 N–H and O–H groups in total. The standard InChI is InChI=1S/C27H21N3O4/c1-18-7-2-5-12-24(18)29-25(31)26(32)30-28-17-19-13-15-21(16-14-19)34-27(33)23-11-6-9-20-8-3-4-10-22(20)23/h2-17H,1H3,(H,29,31)(H,30,32). The highest BCUT2D eigenvalue weighted by molar-refractivity contribution is 6.39. The predicted molar refractivity (Wildman–Crippen MR) is 131 cm³/mol. The first kappa shape index (κ1) is 22.4. The van der Waals surface area contributed by atoms with Crippen molar-refractivity contribution in [2.24, 2.45) is 5.10 Å². The average Bonchev–Trinajstić information content (AvgIpc) is 2.86. The number of ether oxygens (including phenoxy) is 1. The van der Waals surface area contributed by atoms with Crippen LogP contribution in [-0.2, 0) is 9.59 Å². The van der Waals surface area contributed by atoms with Gasteiger partial charge in [0.05, 0.1) is 11.8 Å². The fourth-order valence-electron chi connectivity index (χ4n) is 3.30. The normalized spacial score (nSPS) is 10.7. The summed E-state index contributed by atoms with van der Waals surface area (Å²) in [6, 6.07) is 26.8. The zero-order valence-electron chi connectivity index (χ0n) is 18.3. The highest BCUT2D eigenvalue weighted by Gasteiger charge is 2.14. The number of para-hydroxylation sites is 1. The van der Waals surface area contributed by atoms with E-state index in [0.717, 1.165) is 16.3 Å². The van der Waals surface area contributed by atoms with Crippen LogP contribution < -0.4 is 15.5 Å². The highest BCUT2D eigenvalue weighted by Crippen LogP contribution is 2.21. The van der Waals surface area contributed by atoms with Gasteiger partial charge in [-0.2, -0.15) is 5.10 Å². The second-order valence-electron chi connectivity index (χ2n) is 7.45. The number of rotatable bonds is 5. The molecule has 0 radical (unpaired) electrons. The van der Waals surface area contributed by atoms with Gasteiger partial charge in [0, 0.05) is 5.69 Å². The van der Waals surface area contributed by atoms with Gasteiger partial charge in [0.15, 0.2) is 0 Å². The maximum absolute atomic E-state index is 12.6. The van der Waals surface area contributed by atoms with Crippen molar-refractivity contribution in [3.63, 3.8) is 0 Å². The van der Waals surface area contributed by atoms with Crippen molar-refractivity contribution >= 4 is 40.5 Å². The van der Waals surface area contributed by atoms with Crippen LogP contribution in [0.4, 0.5) is 5.69 Å². The topological polar surface area (TPSA) is 96.9 Å². The Morgan fingerprint density at radius 3 is 2.29 bits per heavy atom. The van der Waals surface area contributed by atoms with E-state index in [1.807, 2.05) is 55.5 Å². The Bertz CT molecular complexity index is 1390. The number of carbonyl (C=O) groups excluding carboxylic acids is 3. The fraction of sp³-hybridized carbons (Fsp3) is 0.0370. The Balaban J connectivity index is 1.33. The number of fused-ring (bicyclic) bond motifs is 1. The van der Waals surface area contributed by atoms with E-state index in [1.54, 1.807) is 42.5 Å². The van der Waals surface area contributed by atoms with Crippen molar-refractivity contribution in [2.45, 2.75) is 6.92 Å². The molecule has 4 aromatic rings. The van der Waals surface area contributed by atoms with E-state index in [0.29, 0.717) is 22.6 Å². The Labute approximate surface area is 196 Å². The minimum Gasteiger partial charge on any atom is -0.423 e. The van der Waals surface area contributed by atoms with Crippen LogP contribution >= 0.6 is 0 Å². The third-order valence-electron chi connectivity index (χ3n) is 5.08. The largest absolute Gasteiger partial charge is 0.423 e. The number of benzene rings is 4. The zero-order chi connectivity index (χ0) is 23.9. The van der Waals surface area contributed by atoms with E-state index in [-0.39, 0.29) is 0 Å². The molecule has 0 spiro atoms. The molecule has 0 atom stereocenters. The molecule has 0 saturated heterocycles. The van der Waals surface area contributed by atoms with E-state index in [4.69, 9.17) is 4.74 Å². The van der Waals surface area contributed by atoms with Gasteiger partial charge in [-0.1, -0.05) is 54.6 Å². The van der Waals surface area contributed by atoms with E-state index in [1.165, 1.54) is 6.21 Å². The SMILES string of the molecule is Cc1ccccc1NC(=O)C(=O)NN=Cc1ccc(OC(=O)c2cccc3ccccc23)cc1. The number of nitrogens with zero attached hydrogens (tertiary/aromatic N) is 1. The highest BCUT2D eigenvalue weighted by atomic mass is 16.5. The summed E-state index contributed by atoms with van der Waals surface area (Å²) in [6.07, 6.45) is 1.38. The fourth-order valence-corrected chi connectivity index (χ4v) is 3.30. The molecule has 0 bridgehead atoms. The van der Waals surface area contributed by atoms with Gasteiger partial charge in [-0.25, -0.2) is 10.2 Å². The Kier molecular flexibility index (Phi) is 6.74. The molecule has 7 heteroatoms. The van der Waals surface area contributed by atoms with Crippen molar-refractivity contribution in [1.29, 1.82) is 0 Å². The smallest absolute Gasteiger partial charge is 0.344 e. The number of carbonyl (C=O) groups is 3. The molecule has 4 rings (SSSR count). The molecular formula is C27H21N3O4. The second-order valence-corrected chi connectivity index (χ2v) is 7.45. The molecule has 0 aliphatic heterocycles. The van der Waals surface area contributed by atoms with Gasteiger partial charge < -0.3 is 10.1 Å². The van der Waals surface area contributed by atoms with Crippen LogP contribution in [0, 0.1) is 6.92 Å². The summed E-state index contributed by atoms with van der Waals surface area (Å²) in [4.78, 5) is 36.6. The number of aryl methyl sites for hydroxylation is 1. The number of hydrogen-bond acceptors (Lipinski definition) is 5. The average molecular weight is 451 g/mol. The van der Waals surface area contributed by atoms with Gasteiger partial charge in [0.1, 0.15) is 5.75 Å². The molecule has 4 aromatic carbocycles. The minimum absolute atomic E-state index is 0.372. The lowest BCUT2D eigenvalue weighted by atomic mass is 10.0. The van der Waals surface area contributed by atoms with Crippen molar-refractivity contribution in [2.75, 3.05) is 5.32 Å². The molecule has 0 heterocycles. The summed E-state index contributed by atoms with van der Waals surface area (Å²) in [5.74, 6) is -1.79. The van der Waals surface area contributed by atoms with Crippen LogP contribution in [0.2, 0.25) is 0 Å².